The Morgan fingerprint density at radius 1 is 1.29 bits per heavy atom. The molecule has 1 aliphatic rings. The van der Waals surface area contributed by atoms with Gasteiger partial charge in [-0.15, -0.1) is 0 Å². The second-order valence-corrected chi connectivity index (χ2v) is 9.28. The lowest BCUT2D eigenvalue weighted by molar-refractivity contribution is -0.387. The standard InChI is InChI=1S/C20H22FN3O6S/c1-14-3-2-10-23(12-14)31(28,29)17-7-4-15(5-8-17)22-20(25)13-30-16-6-9-19(24(26)27)18(21)11-16/h4-9,11,14H,2-3,10,12-13H2,1H3,(H,22,25). The Kier molecular flexibility index (Phi) is 6.86. The van der Waals surface area contributed by atoms with E-state index in [1.807, 2.05) is 6.92 Å². The molecule has 0 spiro atoms. The van der Waals surface area contributed by atoms with Crippen molar-refractivity contribution in [2.45, 2.75) is 24.7 Å². The number of nitrogens with zero attached hydrogens (tertiary/aromatic N) is 2. The molecule has 11 heteroatoms. The summed E-state index contributed by atoms with van der Waals surface area (Å²) in [7, 11) is -3.59. The fraction of sp³-hybridized carbons (Fsp3) is 0.350. The second-order valence-electron chi connectivity index (χ2n) is 7.34. The maximum Gasteiger partial charge on any atom is 0.305 e. The van der Waals surface area contributed by atoms with Crippen molar-refractivity contribution >= 4 is 27.3 Å². The lowest BCUT2D eigenvalue weighted by atomic mass is 10.0. The van der Waals surface area contributed by atoms with Crippen LogP contribution in [0.25, 0.3) is 0 Å². The number of anilines is 1. The Hall–Kier alpha value is -3.05. The summed E-state index contributed by atoms with van der Waals surface area (Å²) in [5.74, 6) is -1.34. The van der Waals surface area contributed by atoms with Crippen LogP contribution in [0.5, 0.6) is 5.75 Å². The number of sulfonamides is 1. The van der Waals surface area contributed by atoms with Crippen molar-refractivity contribution in [1.29, 1.82) is 0 Å². The number of carbonyl (C=O) groups is 1. The molecule has 1 N–H and O–H groups in total. The molecule has 1 atom stereocenters. The summed E-state index contributed by atoms with van der Waals surface area (Å²) in [6.07, 6.45) is 1.83. The molecule has 2 aromatic carbocycles. The topological polar surface area (TPSA) is 119 Å². The first-order chi connectivity index (χ1) is 14.7. The quantitative estimate of drug-likeness (QED) is 0.510. The fourth-order valence-electron chi connectivity index (χ4n) is 3.30. The maximum atomic E-state index is 13.6. The van der Waals surface area contributed by atoms with Crippen LogP contribution >= 0.6 is 0 Å². The van der Waals surface area contributed by atoms with Crippen molar-refractivity contribution in [1.82, 2.24) is 4.31 Å². The molecule has 0 radical (unpaired) electrons. The predicted octanol–water partition coefficient (Wildman–Crippen LogP) is 3.17. The van der Waals surface area contributed by atoms with Crippen molar-refractivity contribution in [2.75, 3.05) is 25.0 Å². The van der Waals surface area contributed by atoms with Crippen molar-refractivity contribution < 1.29 is 27.3 Å². The van der Waals surface area contributed by atoms with Gasteiger partial charge in [-0.3, -0.25) is 14.9 Å². The average Bonchev–Trinajstić information content (AvgIpc) is 2.72. The Labute approximate surface area is 179 Å². The van der Waals surface area contributed by atoms with Crippen molar-refractivity contribution in [3.8, 4) is 5.75 Å². The van der Waals surface area contributed by atoms with Crippen molar-refractivity contribution in [2.24, 2.45) is 5.92 Å². The highest BCUT2D eigenvalue weighted by molar-refractivity contribution is 7.89. The van der Waals surface area contributed by atoms with Crippen LogP contribution in [0.15, 0.2) is 47.4 Å². The van der Waals surface area contributed by atoms with E-state index in [1.54, 1.807) is 0 Å². The highest BCUT2D eigenvalue weighted by atomic mass is 32.2. The summed E-state index contributed by atoms with van der Waals surface area (Å²) in [6, 6.07) is 8.77. The smallest absolute Gasteiger partial charge is 0.305 e. The third-order valence-corrected chi connectivity index (χ3v) is 6.76. The van der Waals surface area contributed by atoms with Crippen LogP contribution in [0.1, 0.15) is 19.8 Å². The first-order valence-electron chi connectivity index (χ1n) is 9.63. The number of hydrogen-bond donors (Lipinski definition) is 1. The van der Waals surface area contributed by atoms with E-state index >= 15 is 0 Å². The summed E-state index contributed by atoms with van der Waals surface area (Å²) < 4.78 is 45.7. The van der Waals surface area contributed by atoms with E-state index in [0.29, 0.717) is 24.7 Å². The minimum absolute atomic E-state index is 0.0320. The number of carbonyl (C=O) groups excluding carboxylic acids is 1. The zero-order chi connectivity index (χ0) is 22.6. The zero-order valence-corrected chi connectivity index (χ0v) is 17.6. The molecule has 3 rings (SSSR count). The van der Waals surface area contributed by atoms with E-state index in [9.17, 15) is 27.7 Å². The van der Waals surface area contributed by atoms with Crippen LogP contribution in [0.4, 0.5) is 15.8 Å². The van der Waals surface area contributed by atoms with Crippen LogP contribution in [-0.4, -0.2) is 43.2 Å². The normalized spacial score (nSPS) is 17.2. The summed E-state index contributed by atoms with van der Waals surface area (Å²) >= 11 is 0. The zero-order valence-electron chi connectivity index (χ0n) is 16.8. The van der Waals surface area contributed by atoms with E-state index in [1.165, 1.54) is 34.6 Å². The highest BCUT2D eigenvalue weighted by Crippen LogP contribution is 2.25. The number of benzene rings is 2. The van der Waals surface area contributed by atoms with Crippen LogP contribution in [0.3, 0.4) is 0 Å². The monoisotopic (exact) mass is 451 g/mol. The number of amides is 1. The molecule has 0 saturated carbocycles. The lowest BCUT2D eigenvalue weighted by Crippen LogP contribution is -2.39. The van der Waals surface area contributed by atoms with Crippen LogP contribution in [-0.2, 0) is 14.8 Å². The van der Waals surface area contributed by atoms with Crippen LogP contribution < -0.4 is 10.1 Å². The molecule has 1 saturated heterocycles. The number of rotatable bonds is 7. The molecule has 1 heterocycles. The number of nitro benzene ring substituents is 1. The molecule has 9 nitrogen and oxygen atoms in total. The van der Waals surface area contributed by atoms with Gasteiger partial charge in [-0.2, -0.15) is 8.70 Å². The number of halogens is 1. The molecule has 1 unspecified atom stereocenters. The molecular formula is C20H22FN3O6S. The predicted molar refractivity (Wildman–Crippen MR) is 111 cm³/mol. The average molecular weight is 451 g/mol. The third kappa shape index (κ3) is 5.56. The van der Waals surface area contributed by atoms with Gasteiger partial charge >= 0.3 is 5.69 Å². The van der Waals surface area contributed by atoms with Crippen LogP contribution in [0.2, 0.25) is 0 Å². The minimum atomic E-state index is -3.59. The van der Waals surface area contributed by atoms with Gasteiger partial charge in [0.05, 0.1) is 9.82 Å². The third-order valence-electron chi connectivity index (χ3n) is 4.88. The largest absolute Gasteiger partial charge is 0.484 e. The number of nitrogens with one attached hydrogen (secondary N) is 1. The van der Waals surface area contributed by atoms with Crippen molar-refractivity contribution in [3.05, 3.63) is 58.4 Å². The maximum absolute atomic E-state index is 13.6. The Morgan fingerprint density at radius 3 is 2.61 bits per heavy atom. The Bertz CT molecular complexity index is 1070. The van der Waals surface area contributed by atoms with E-state index in [4.69, 9.17) is 4.74 Å². The SMILES string of the molecule is CC1CCCN(S(=O)(=O)c2ccc(NC(=O)COc3ccc([N+](=O)[O-])c(F)c3)cc2)C1. The molecule has 1 aliphatic heterocycles. The lowest BCUT2D eigenvalue weighted by Gasteiger charge is -2.30. The summed E-state index contributed by atoms with van der Waals surface area (Å²) in [6.45, 7) is 2.55. The van der Waals surface area contributed by atoms with Gasteiger partial charge in [0.15, 0.2) is 6.61 Å². The molecule has 1 amide bonds. The summed E-state index contributed by atoms with van der Waals surface area (Å²) in [4.78, 5) is 22.0. The van der Waals surface area contributed by atoms with Gasteiger partial charge in [0.25, 0.3) is 5.91 Å². The second kappa shape index (κ2) is 9.40. The molecule has 0 aliphatic carbocycles. The first kappa shape index (κ1) is 22.6. The van der Waals surface area contributed by atoms with Crippen LogP contribution in [0, 0.1) is 21.8 Å². The van der Waals surface area contributed by atoms with Gasteiger partial charge in [-0.1, -0.05) is 6.92 Å². The molecule has 2 aromatic rings. The van der Waals surface area contributed by atoms with E-state index < -0.39 is 39.0 Å². The number of ether oxygens (including phenoxy) is 1. The van der Waals surface area contributed by atoms with Gasteiger partial charge < -0.3 is 10.1 Å². The van der Waals surface area contributed by atoms with Gasteiger partial charge in [0.2, 0.25) is 15.8 Å². The molecular weight excluding hydrogens is 429 g/mol. The number of piperidine rings is 1. The molecule has 0 aromatic heterocycles. The molecule has 31 heavy (non-hydrogen) atoms. The minimum Gasteiger partial charge on any atom is -0.484 e. The first-order valence-corrected chi connectivity index (χ1v) is 11.1. The van der Waals surface area contributed by atoms with Gasteiger partial charge in [0.1, 0.15) is 5.75 Å². The molecule has 1 fully saturated rings. The van der Waals surface area contributed by atoms with Gasteiger partial charge in [-0.05, 0) is 49.1 Å². The highest BCUT2D eigenvalue weighted by Gasteiger charge is 2.28. The fourth-order valence-corrected chi connectivity index (χ4v) is 4.89. The van der Waals surface area contributed by atoms with Gasteiger partial charge in [0, 0.05) is 30.9 Å². The van der Waals surface area contributed by atoms with E-state index in [2.05, 4.69) is 5.32 Å². The number of nitro groups is 1. The number of hydrogen-bond acceptors (Lipinski definition) is 6. The Balaban J connectivity index is 1.57. The van der Waals surface area contributed by atoms with Gasteiger partial charge in [-0.25, -0.2) is 8.42 Å². The van der Waals surface area contributed by atoms with Crippen molar-refractivity contribution in [3.63, 3.8) is 0 Å². The molecule has 166 valence electrons. The summed E-state index contributed by atoms with van der Waals surface area (Å²) in [5.41, 5.74) is -0.319. The van der Waals surface area contributed by atoms with E-state index in [-0.39, 0.29) is 10.6 Å². The van der Waals surface area contributed by atoms with E-state index in [0.717, 1.165) is 25.0 Å². The molecule has 0 bridgehead atoms. The summed E-state index contributed by atoms with van der Waals surface area (Å²) in [5, 5.41) is 13.2. The Morgan fingerprint density at radius 2 is 2.00 bits per heavy atom.